The van der Waals surface area contributed by atoms with E-state index >= 15 is 0 Å². The fraction of sp³-hybridized carbons (Fsp3) is 0.462. The minimum Gasteiger partial charge on any atom is -0.338 e. The average Bonchev–Trinajstić information content (AvgIpc) is 2.32. The van der Waals surface area contributed by atoms with Gasteiger partial charge in [0.2, 0.25) is 6.54 Å². The third-order valence-corrected chi connectivity index (χ3v) is 2.72. The Morgan fingerprint density at radius 2 is 2.06 bits per heavy atom. The number of aryl methyl sites for hydroxylation is 1. The highest BCUT2D eigenvalue weighted by Gasteiger charge is 2.15. The van der Waals surface area contributed by atoms with Crippen molar-refractivity contribution in [2.75, 3.05) is 6.54 Å². The van der Waals surface area contributed by atoms with E-state index in [-0.39, 0.29) is 12.5 Å². The zero-order chi connectivity index (χ0) is 13.5. The van der Waals surface area contributed by atoms with Crippen LogP contribution >= 0.6 is 0 Å². The van der Waals surface area contributed by atoms with Gasteiger partial charge in [0.25, 0.3) is 5.91 Å². The SMILES string of the molecule is CCCNC(=O)NC(=O)C[n+]1cccc(C)c1C. The number of urea groups is 1. The molecule has 0 radical (unpaired) electrons. The molecule has 0 saturated heterocycles. The van der Waals surface area contributed by atoms with Crippen molar-refractivity contribution in [2.45, 2.75) is 33.7 Å². The Labute approximate surface area is 107 Å². The van der Waals surface area contributed by atoms with Crippen LogP contribution < -0.4 is 15.2 Å². The van der Waals surface area contributed by atoms with Gasteiger partial charge in [-0.15, -0.1) is 0 Å². The van der Waals surface area contributed by atoms with E-state index in [4.69, 9.17) is 0 Å². The topological polar surface area (TPSA) is 62.1 Å². The molecule has 1 rings (SSSR count). The van der Waals surface area contributed by atoms with Gasteiger partial charge in [-0.05, 0) is 19.4 Å². The molecule has 18 heavy (non-hydrogen) atoms. The molecule has 0 fully saturated rings. The molecular formula is C13H20N3O2+. The molecule has 0 unspecified atom stereocenters. The van der Waals surface area contributed by atoms with Crippen LogP contribution in [0.3, 0.4) is 0 Å². The summed E-state index contributed by atoms with van der Waals surface area (Å²) in [5.41, 5.74) is 2.13. The summed E-state index contributed by atoms with van der Waals surface area (Å²) >= 11 is 0. The summed E-state index contributed by atoms with van der Waals surface area (Å²) in [6.07, 6.45) is 2.67. The van der Waals surface area contributed by atoms with E-state index in [1.807, 2.05) is 43.7 Å². The second-order valence-corrected chi connectivity index (χ2v) is 4.21. The van der Waals surface area contributed by atoms with Gasteiger partial charge in [0, 0.05) is 25.1 Å². The van der Waals surface area contributed by atoms with Gasteiger partial charge in [0.05, 0.1) is 0 Å². The summed E-state index contributed by atoms with van der Waals surface area (Å²) in [5, 5.41) is 4.89. The lowest BCUT2D eigenvalue weighted by Crippen LogP contribution is -2.48. The number of carbonyl (C=O) groups is 2. The predicted molar refractivity (Wildman–Crippen MR) is 67.9 cm³/mol. The van der Waals surface area contributed by atoms with Crippen molar-refractivity contribution in [1.29, 1.82) is 0 Å². The number of pyridine rings is 1. The van der Waals surface area contributed by atoms with Gasteiger partial charge in [0.15, 0.2) is 11.9 Å². The van der Waals surface area contributed by atoms with E-state index in [9.17, 15) is 9.59 Å². The normalized spacial score (nSPS) is 9.94. The third-order valence-electron chi connectivity index (χ3n) is 2.72. The number of rotatable bonds is 4. The molecule has 0 saturated carbocycles. The first kappa shape index (κ1) is 14.2. The van der Waals surface area contributed by atoms with Crippen molar-refractivity contribution in [3.63, 3.8) is 0 Å². The van der Waals surface area contributed by atoms with Gasteiger partial charge in [0.1, 0.15) is 0 Å². The molecule has 1 heterocycles. The van der Waals surface area contributed by atoms with Crippen LogP contribution in [-0.2, 0) is 11.3 Å². The second kappa shape index (κ2) is 6.74. The molecular weight excluding hydrogens is 230 g/mol. The lowest BCUT2D eigenvalue weighted by Gasteiger charge is -2.05. The number of hydrogen-bond donors (Lipinski definition) is 2. The maximum atomic E-state index is 11.7. The second-order valence-electron chi connectivity index (χ2n) is 4.21. The van der Waals surface area contributed by atoms with Crippen molar-refractivity contribution in [1.82, 2.24) is 10.6 Å². The number of amides is 3. The number of aromatic nitrogens is 1. The molecule has 0 atom stereocenters. The number of carbonyl (C=O) groups excluding carboxylic acids is 2. The Morgan fingerprint density at radius 3 is 2.72 bits per heavy atom. The molecule has 5 heteroatoms. The van der Waals surface area contributed by atoms with Gasteiger partial charge < -0.3 is 5.32 Å². The molecule has 0 aliphatic carbocycles. The van der Waals surface area contributed by atoms with Crippen LogP contribution in [0.1, 0.15) is 24.6 Å². The zero-order valence-corrected chi connectivity index (χ0v) is 11.1. The van der Waals surface area contributed by atoms with Crippen LogP contribution in [0, 0.1) is 13.8 Å². The summed E-state index contributed by atoms with van der Waals surface area (Å²) in [6, 6.07) is 3.43. The molecule has 1 aromatic heterocycles. The average molecular weight is 250 g/mol. The van der Waals surface area contributed by atoms with E-state index in [0.29, 0.717) is 6.54 Å². The monoisotopic (exact) mass is 250 g/mol. The summed E-state index contributed by atoms with van der Waals surface area (Å²) < 4.78 is 1.82. The predicted octanol–water partition coefficient (Wildman–Crippen LogP) is 0.827. The number of imide groups is 1. The molecule has 3 amide bonds. The number of nitrogens with zero attached hydrogens (tertiary/aromatic N) is 1. The lowest BCUT2D eigenvalue weighted by molar-refractivity contribution is -0.690. The molecule has 1 aromatic rings. The highest BCUT2D eigenvalue weighted by molar-refractivity contribution is 5.93. The Bertz CT molecular complexity index is 444. The van der Waals surface area contributed by atoms with Gasteiger partial charge in [-0.25, -0.2) is 4.79 Å². The van der Waals surface area contributed by atoms with E-state index in [2.05, 4.69) is 10.6 Å². The minimum atomic E-state index is -0.437. The quantitative estimate of drug-likeness (QED) is 0.777. The Balaban J connectivity index is 2.54. The lowest BCUT2D eigenvalue weighted by atomic mass is 10.2. The minimum absolute atomic E-state index is 0.146. The first-order valence-corrected chi connectivity index (χ1v) is 6.08. The van der Waals surface area contributed by atoms with Crippen LogP contribution in [-0.4, -0.2) is 18.5 Å². The summed E-state index contributed by atoms with van der Waals surface area (Å²) in [6.45, 7) is 6.59. The van der Waals surface area contributed by atoms with Crippen molar-refractivity contribution >= 4 is 11.9 Å². The zero-order valence-electron chi connectivity index (χ0n) is 11.1. The highest BCUT2D eigenvalue weighted by atomic mass is 16.2. The number of hydrogen-bond acceptors (Lipinski definition) is 2. The molecule has 5 nitrogen and oxygen atoms in total. The van der Waals surface area contributed by atoms with E-state index in [1.54, 1.807) is 0 Å². The van der Waals surface area contributed by atoms with Crippen LogP contribution in [0.2, 0.25) is 0 Å². The smallest absolute Gasteiger partial charge is 0.321 e. The van der Waals surface area contributed by atoms with Crippen molar-refractivity contribution in [3.8, 4) is 0 Å². The molecule has 0 aliphatic heterocycles. The Hall–Kier alpha value is -1.91. The van der Waals surface area contributed by atoms with Crippen molar-refractivity contribution in [3.05, 3.63) is 29.6 Å². The molecule has 0 bridgehead atoms. The van der Waals surface area contributed by atoms with Gasteiger partial charge in [-0.2, -0.15) is 4.57 Å². The largest absolute Gasteiger partial charge is 0.338 e. The maximum absolute atomic E-state index is 11.7. The van der Waals surface area contributed by atoms with Crippen LogP contribution in [0.4, 0.5) is 4.79 Å². The van der Waals surface area contributed by atoms with Gasteiger partial charge >= 0.3 is 6.03 Å². The van der Waals surface area contributed by atoms with Crippen LogP contribution in [0.25, 0.3) is 0 Å². The highest BCUT2D eigenvalue weighted by Crippen LogP contribution is 1.98. The fourth-order valence-corrected chi connectivity index (χ4v) is 1.53. The van der Waals surface area contributed by atoms with Crippen molar-refractivity contribution < 1.29 is 14.2 Å². The summed E-state index contributed by atoms with van der Waals surface area (Å²) in [5.74, 6) is -0.317. The maximum Gasteiger partial charge on any atom is 0.321 e. The van der Waals surface area contributed by atoms with Crippen LogP contribution in [0.15, 0.2) is 18.3 Å². The van der Waals surface area contributed by atoms with Gasteiger partial charge in [-0.1, -0.05) is 6.92 Å². The fourth-order valence-electron chi connectivity index (χ4n) is 1.53. The molecule has 2 N–H and O–H groups in total. The first-order valence-electron chi connectivity index (χ1n) is 6.08. The van der Waals surface area contributed by atoms with E-state index < -0.39 is 6.03 Å². The van der Waals surface area contributed by atoms with E-state index in [0.717, 1.165) is 17.7 Å². The molecule has 0 aromatic carbocycles. The molecule has 0 aliphatic rings. The first-order chi connectivity index (χ1) is 8.54. The molecule has 98 valence electrons. The third kappa shape index (κ3) is 4.16. The van der Waals surface area contributed by atoms with Crippen molar-refractivity contribution in [2.24, 2.45) is 0 Å². The Morgan fingerprint density at radius 1 is 1.33 bits per heavy atom. The van der Waals surface area contributed by atoms with Crippen LogP contribution in [0.5, 0.6) is 0 Å². The standard InChI is InChI=1S/C13H19N3O2/c1-4-7-14-13(18)15-12(17)9-16-8-5-6-10(2)11(16)3/h5-6,8H,4,7,9H2,1-3H3,(H-,14,15,17,18)/p+1. The van der Waals surface area contributed by atoms with Gasteiger partial charge in [-0.3, -0.25) is 10.1 Å². The summed E-state index contributed by atoms with van der Waals surface area (Å²) in [7, 11) is 0. The van der Waals surface area contributed by atoms with E-state index in [1.165, 1.54) is 0 Å². The summed E-state index contributed by atoms with van der Waals surface area (Å²) in [4.78, 5) is 23.0. The molecule has 0 spiro atoms. The Kier molecular flexibility index (Phi) is 5.30. The number of nitrogens with one attached hydrogen (secondary N) is 2.